The van der Waals surface area contributed by atoms with Gasteiger partial charge in [0.1, 0.15) is 12.7 Å². The van der Waals surface area contributed by atoms with Crippen LogP contribution in [-0.2, 0) is 11.3 Å². The number of benzene rings is 2. The molecule has 2 bridgehead atoms. The topological polar surface area (TPSA) is 113 Å². The lowest BCUT2D eigenvalue weighted by molar-refractivity contribution is -0.122. The van der Waals surface area contributed by atoms with Crippen LogP contribution in [0.25, 0.3) is 0 Å². The van der Waals surface area contributed by atoms with Crippen molar-refractivity contribution in [3.05, 3.63) is 87.3 Å². The third-order valence-corrected chi connectivity index (χ3v) is 9.10. The van der Waals surface area contributed by atoms with E-state index in [0.29, 0.717) is 58.8 Å². The number of nitrogens with zero attached hydrogens (tertiary/aromatic N) is 4. The fourth-order valence-corrected chi connectivity index (χ4v) is 7.33. The zero-order chi connectivity index (χ0) is 29.8. The summed E-state index contributed by atoms with van der Waals surface area (Å²) in [4.78, 5) is 58.6. The molecule has 4 aliphatic heterocycles. The maximum absolute atomic E-state index is 13.8. The molecule has 0 radical (unpaired) electrons. The zero-order valence-electron chi connectivity index (χ0n) is 24.1. The average molecular weight is 584 g/mol. The fourth-order valence-electron chi connectivity index (χ4n) is 7.33. The summed E-state index contributed by atoms with van der Waals surface area (Å²) < 4.78 is 12.9. The summed E-state index contributed by atoms with van der Waals surface area (Å²) in [5, 5.41) is 2.99. The number of methoxy groups -OCH3 is 2. The summed E-state index contributed by atoms with van der Waals surface area (Å²) in [5.74, 6) is 0.464. The van der Waals surface area contributed by atoms with Gasteiger partial charge < -0.3 is 29.2 Å². The standard InChI is InChI=1S/C32H33N5O6/c1-42-25-11-10-22-28(29(25)43-2)32(41)37-24-7-4-3-6-21(24)31(40)36(30(22)37)18-26(38)33-12-13-34-15-19-14-20(17-34)23-8-5-9-27(39)35(23)16-19/h3-11,19-20,30H,12-18H2,1-2H3,(H,33,38)/t19-,20+,30?/m1/s1. The molecule has 1 unspecified atom stereocenters. The molecule has 3 amide bonds. The predicted octanol–water partition coefficient (Wildman–Crippen LogP) is 2.22. The molecular formula is C32H33N5O6. The number of para-hydroxylation sites is 1. The van der Waals surface area contributed by atoms with Gasteiger partial charge in [0.15, 0.2) is 11.5 Å². The van der Waals surface area contributed by atoms with Crippen molar-refractivity contribution >= 4 is 23.4 Å². The van der Waals surface area contributed by atoms with Crippen LogP contribution in [0.2, 0.25) is 0 Å². The van der Waals surface area contributed by atoms with Gasteiger partial charge in [-0.15, -0.1) is 0 Å². The second-order valence-corrected chi connectivity index (χ2v) is 11.6. The highest BCUT2D eigenvalue weighted by molar-refractivity contribution is 6.18. The lowest BCUT2D eigenvalue weighted by Gasteiger charge is -2.43. The van der Waals surface area contributed by atoms with E-state index in [0.717, 1.165) is 31.7 Å². The molecule has 222 valence electrons. The molecule has 1 N–H and O–H groups in total. The van der Waals surface area contributed by atoms with Crippen LogP contribution >= 0.6 is 0 Å². The fraction of sp³-hybridized carbons (Fsp3) is 0.375. The van der Waals surface area contributed by atoms with Crippen molar-refractivity contribution in [1.29, 1.82) is 0 Å². The lowest BCUT2D eigenvalue weighted by atomic mass is 9.83. The van der Waals surface area contributed by atoms with Gasteiger partial charge in [-0.05, 0) is 36.6 Å². The molecule has 3 atom stereocenters. The number of aromatic nitrogens is 1. The van der Waals surface area contributed by atoms with Crippen molar-refractivity contribution in [1.82, 2.24) is 19.7 Å². The summed E-state index contributed by atoms with van der Waals surface area (Å²) in [6, 6.07) is 15.9. The normalized spacial score (nSPS) is 22.0. The van der Waals surface area contributed by atoms with Gasteiger partial charge in [-0.3, -0.25) is 24.1 Å². The van der Waals surface area contributed by atoms with E-state index in [1.807, 2.05) is 16.7 Å². The molecule has 4 aliphatic rings. The van der Waals surface area contributed by atoms with E-state index in [1.165, 1.54) is 19.1 Å². The van der Waals surface area contributed by atoms with E-state index in [1.54, 1.807) is 47.4 Å². The maximum atomic E-state index is 13.8. The van der Waals surface area contributed by atoms with E-state index in [9.17, 15) is 19.2 Å². The van der Waals surface area contributed by atoms with E-state index in [2.05, 4.69) is 10.2 Å². The largest absolute Gasteiger partial charge is 0.493 e. The van der Waals surface area contributed by atoms with Crippen molar-refractivity contribution in [2.75, 3.05) is 51.8 Å². The first-order valence-electron chi connectivity index (χ1n) is 14.6. The summed E-state index contributed by atoms with van der Waals surface area (Å²) in [6.45, 7) is 3.31. The number of fused-ring (bicyclic) bond motifs is 9. The first-order valence-corrected chi connectivity index (χ1v) is 14.6. The minimum absolute atomic E-state index is 0.0607. The number of ether oxygens (including phenoxy) is 2. The zero-order valence-corrected chi connectivity index (χ0v) is 24.1. The first kappa shape index (κ1) is 27.2. The second-order valence-electron chi connectivity index (χ2n) is 11.6. The Morgan fingerprint density at radius 2 is 1.77 bits per heavy atom. The number of piperidine rings is 1. The minimum Gasteiger partial charge on any atom is -0.493 e. The summed E-state index contributed by atoms with van der Waals surface area (Å²) in [5.41, 5.74) is 2.91. The van der Waals surface area contributed by atoms with Crippen molar-refractivity contribution in [2.45, 2.75) is 25.0 Å². The summed E-state index contributed by atoms with van der Waals surface area (Å²) in [6.07, 6.45) is 0.278. The van der Waals surface area contributed by atoms with Crippen LogP contribution < -0.4 is 25.2 Å². The SMILES string of the molecule is COc1ccc2c(c1OC)C(=O)N1c3ccccc3C(=O)N(CC(=O)NCCN3C[C@H]4C[C@@H](C3)c3cccc(=O)n3C4)C21. The molecule has 5 heterocycles. The number of carbonyl (C=O) groups excluding carboxylic acids is 3. The van der Waals surface area contributed by atoms with E-state index >= 15 is 0 Å². The molecule has 0 spiro atoms. The third-order valence-electron chi connectivity index (χ3n) is 9.10. The molecule has 1 aromatic heterocycles. The van der Waals surface area contributed by atoms with Crippen LogP contribution in [0.15, 0.2) is 59.4 Å². The highest BCUT2D eigenvalue weighted by Crippen LogP contribution is 2.49. The van der Waals surface area contributed by atoms with Crippen LogP contribution in [0.3, 0.4) is 0 Å². The number of hydrogen-bond donors (Lipinski definition) is 1. The number of likely N-dealkylation sites (tertiary alicyclic amines) is 1. The molecule has 11 nitrogen and oxygen atoms in total. The number of anilines is 1. The quantitative estimate of drug-likeness (QED) is 0.454. The number of amides is 3. The minimum atomic E-state index is -0.791. The average Bonchev–Trinajstić information content (AvgIpc) is 3.31. The van der Waals surface area contributed by atoms with Crippen molar-refractivity contribution in [3.8, 4) is 11.5 Å². The van der Waals surface area contributed by atoms with E-state index in [4.69, 9.17) is 9.47 Å². The van der Waals surface area contributed by atoms with Crippen molar-refractivity contribution in [2.24, 2.45) is 5.92 Å². The Balaban J connectivity index is 1.08. The van der Waals surface area contributed by atoms with Crippen LogP contribution in [0.4, 0.5) is 5.69 Å². The second kappa shape index (κ2) is 10.6. The van der Waals surface area contributed by atoms with Gasteiger partial charge in [-0.1, -0.05) is 24.3 Å². The highest BCUT2D eigenvalue weighted by Gasteiger charge is 2.50. The van der Waals surface area contributed by atoms with Crippen LogP contribution in [0, 0.1) is 5.92 Å². The Morgan fingerprint density at radius 1 is 0.930 bits per heavy atom. The smallest absolute Gasteiger partial charge is 0.264 e. The number of carbonyl (C=O) groups is 3. The molecule has 2 aromatic carbocycles. The van der Waals surface area contributed by atoms with E-state index < -0.39 is 6.17 Å². The Hall–Kier alpha value is -4.64. The van der Waals surface area contributed by atoms with E-state index in [-0.39, 0.29) is 29.8 Å². The van der Waals surface area contributed by atoms with Crippen molar-refractivity contribution in [3.63, 3.8) is 0 Å². The predicted molar refractivity (Wildman–Crippen MR) is 158 cm³/mol. The Kier molecular flexibility index (Phi) is 6.69. The first-order chi connectivity index (χ1) is 20.9. The number of nitrogens with one attached hydrogen (secondary N) is 1. The van der Waals surface area contributed by atoms with Gasteiger partial charge >= 0.3 is 0 Å². The third kappa shape index (κ3) is 4.37. The van der Waals surface area contributed by atoms with Crippen molar-refractivity contribution < 1.29 is 23.9 Å². The molecule has 1 fully saturated rings. The molecule has 1 saturated heterocycles. The highest BCUT2D eigenvalue weighted by atomic mass is 16.5. The molecule has 11 heteroatoms. The number of hydrogen-bond acceptors (Lipinski definition) is 7. The van der Waals surface area contributed by atoms with Gasteiger partial charge in [0, 0.05) is 56.0 Å². The van der Waals surface area contributed by atoms with Gasteiger partial charge in [0.25, 0.3) is 17.4 Å². The molecule has 0 aliphatic carbocycles. The Labute approximate surface area is 248 Å². The van der Waals surface area contributed by atoms with Gasteiger partial charge in [-0.25, -0.2) is 0 Å². The van der Waals surface area contributed by atoms with Crippen LogP contribution in [-0.4, -0.2) is 79.0 Å². The summed E-state index contributed by atoms with van der Waals surface area (Å²) in [7, 11) is 2.98. The van der Waals surface area contributed by atoms with Crippen LogP contribution in [0.5, 0.6) is 11.5 Å². The maximum Gasteiger partial charge on any atom is 0.264 e. The Bertz CT molecular complexity index is 1700. The molecular weight excluding hydrogens is 550 g/mol. The monoisotopic (exact) mass is 583 g/mol. The number of rotatable bonds is 7. The Morgan fingerprint density at radius 3 is 2.58 bits per heavy atom. The van der Waals surface area contributed by atoms with Gasteiger partial charge in [0.05, 0.1) is 31.0 Å². The van der Waals surface area contributed by atoms with Crippen LogP contribution in [0.1, 0.15) is 50.5 Å². The summed E-state index contributed by atoms with van der Waals surface area (Å²) >= 11 is 0. The molecule has 3 aromatic rings. The molecule has 7 rings (SSSR count). The van der Waals surface area contributed by atoms with Gasteiger partial charge in [0.2, 0.25) is 5.91 Å². The lowest BCUT2D eigenvalue weighted by Crippen LogP contribution is -2.52. The van der Waals surface area contributed by atoms with Gasteiger partial charge in [-0.2, -0.15) is 0 Å². The molecule has 43 heavy (non-hydrogen) atoms. The molecule has 0 saturated carbocycles. The number of pyridine rings is 1.